The van der Waals surface area contributed by atoms with Gasteiger partial charge in [-0.05, 0) is 18.9 Å². The Balaban J connectivity index is 2.05. The van der Waals surface area contributed by atoms with Gasteiger partial charge in [0.05, 0.1) is 0 Å². The van der Waals surface area contributed by atoms with Gasteiger partial charge in [0.2, 0.25) is 0 Å². The van der Waals surface area contributed by atoms with Crippen LogP contribution in [-0.4, -0.2) is 21.7 Å². The molecule has 14 heavy (non-hydrogen) atoms. The van der Waals surface area contributed by atoms with Gasteiger partial charge in [-0.2, -0.15) is 5.10 Å². The van der Waals surface area contributed by atoms with Gasteiger partial charge in [-0.15, -0.1) is 0 Å². The smallest absolute Gasteiger partial charge is 0.173 e. The third kappa shape index (κ3) is 2.01. The topological polar surface area (TPSA) is 67.6 Å². The van der Waals surface area contributed by atoms with E-state index in [-0.39, 0.29) is 0 Å². The van der Waals surface area contributed by atoms with Crippen molar-refractivity contribution in [3.05, 3.63) is 17.7 Å². The molecule has 0 amide bonds. The van der Waals surface area contributed by atoms with Crippen molar-refractivity contribution in [2.45, 2.75) is 31.6 Å². The summed E-state index contributed by atoms with van der Waals surface area (Å²) in [6.45, 7) is 0.535. The second kappa shape index (κ2) is 4.37. The molecule has 0 atom stereocenters. The van der Waals surface area contributed by atoms with Gasteiger partial charge >= 0.3 is 0 Å². The lowest BCUT2D eigenvalue weighted by molar-refractivity contribution is 0.672. The van der Waals surface area contributed by atoms with E-state index < -0.39 is 0 Å². The predicted molar refractivity (Wildman–Crippen MR) is 55.7 cm³/mol. The lowest BCUT2D eigenvalue weighted by Gasteiger charge is -2.01. The first-order valence-electron chi connectivity index (χ1n) is 5.19. The van der Waals surface area contributed by atoms with Gasteiger partial charge in [0.25, 0.3) is 0 Å². The van der Waals surface area contributed by atoms with E-state index in [9.17, 15) is 0 Å². The molecule has 1 aliphatic rings. The highest BCUT2D eigenvalue weighted by Crippen LogP contribution is 2.31. The van der Waals surface area contributed by atoms with E-state index in [1.807, 2.05) is 12.2 Å². The maximum atomic E-state index is 5.35. The van der Waals surface area contributed by atoms with Crippen molar-refractivity contribution in [2.75, 3.05) is 6.54 Å². The van der Waals surface area contributed by atoms with E-state index in [1.165, 1.54) is 25.7 Å². The molecule has 1 heterocycles. The van der Waals surface area contributed by atoms with Gasteiger partial charge in [-0.3, -0.25) is 5.10 Å². The summed E-state index contributed by atoms with van der Waals surface area (Å²) in [6, 6.07) is 0. The Morgan fingerprint density at radius 1 is 1.43 bits per heavy atom. The average molecular weight is 192 g/mol. The maximum absolute atomic E-state index is 5.35. The molecule has 0 aliphatic heterocycles. The Bertz CT molecular complexity index is 310. The quantitative estimate of drug-likeness (QED) is 0.761. The zero-order chi connectivity index (χ0) is 9.80. The van der Waals surface area contributed by atoms with Gasteiger partial charge in [0, 0.05) is 12.5 Å². The van der Waals surface area contributed by atoms with Crippen LogP contribution >= 0.6 is 0 Å². The minimum Gasteiger partial charge on any atom is -0.327 e. The second-order valence-electron chi connectivity index (χ2n) is 3.70. The average Bonchev–Trinajstić information content (AvgIpc) is 2.85. The van der Waals surface area contributed by atoms with E-state index in [0.29, 0.717) is 12.5 Å². The fourth-order valence-corrected chi connectivity index (χ4v) is 1.92. The Morgan fingerprint density at radius 3 is 2.93 bits per heavy atom. The summed E-state index contributed by atoms with van der Waals surface area (Å²) in [5, 5.41) is 7.12. The Morgan fingerprint density at radius 2 is 2.21 bits per heavy atom. The third-order valence-electron chi connectivity index (χ3n) is 2.66. The van der Waals surface area contributed by atoms with Crippen LogP contribution in [0.2, 0.25) is 0 Å². The first kappa shape index (κ1) is 9.40. The summed E-state index contributed by atoms with van der Waals surface area (Å²) in [4.78, 5) is 4.42. The molecular weight excluding hydrogens is 176 g/mol. The molecule has 0 aromatic carbocycles. The molecule has 1 aromatic heterocycles. The number of hydrogen-bond acceptors (Lipinski definition) is 3. The summed E-state index contributed by atoms with van der Waals surface area (Å²) >= 11 is 0. The van der Waals surface area contributed by atoms with Crippen LogP contribution in [0.5, 0.6) is 0 Å². The van der Waals surface area contributed by atoms with Crippen LogP contribution in [-0.2, 0) is 0 Å². The third-order valence-corrected chi connectivity index (χ3v) is 2.66. The Kier molecular flexibility index (Phi) is 2.93. The SMILES string of the molecule is NC/C=C/c1n[nH]c(C2CCCC2)n1. The molecule has 2 rings (SSSR count). The van der Waals surface area contributed by atoms with Crippen molar-refractivity contribution in [3.63, 3.8) is 0 Å². The van der Waals surface area contributed by atoms with Gasteiger partial charge in [-0.1, -0.05) is 18.9 Å². The maximum Gasteiger partial charge on any atom is 0.173 e. The van der Waals surface area contributed by atoms with Crippen molar-refractivity contribution < 1.29 is 0 Å². The summed E-state index contributed by atoms with van der Waals surface area (Å²) < 4.78 is 0. The van der Waals surface area contributed by atoms with Crippen molar-refractivity contribution in [3.8, 4) is 0 Å². The van der Waals surface area contributed by atoms with E-state index in [1.54, 1.807) is 0 Å². The van der Waals surface area contributed by atoms with Crippen LogP contribution in [0.3, 0.4) is 0 Å². The zero-order valence-electron chi connectivity index (χ0n) is 8.24. The molecule has 0 bridgehead atoms. The number of nitrogens with one attached hydrogen (secondary N) is 1. The number of rotatable bonds is 3. The van der Waals surface area contributed by atoms with E-state index in [2.05, 4.69) is 15.2 Å². The van der Waals surface area contributed by atoms with E-state index in [0.717, 1.165) is 11.6 Å². The summed E-state index contributed by atoms with van der Waals surface area (Å²) in [5.41, 5.74) is 5.35. The molecule has 4 heteroatoms. The molecular formula is C10H16N4. The highest BCUT2D eigenvalue weighted by molar-refractivity contribution is 5.39. The first-order valence-corrected chi connectivity index (χ1v) is 5.19. The number of hydrogen-bond donors (Lipinski definition) is 2. The Hall–Kier alpha value is -1.16. The standard InChI is InChI=1S/C10H16N4/c11-7-3-6-9-12-10(14-13-9)8-4-1-2-5-8/h3,6,8H,1-2,4-5,7,11H2,(H,12,13,14)/b6-3+. The molecule has 1 aliphatic carbocycles. The second-order valence-corrected chi connectivity index (χ2v) is 3.70. The van der Waals surface area contributed by atoms with Gasteiger partial charge in [-0.25, -0.2) is 4.98 Å². The van der Waals surface area contributed by atoms with E-state index >= 15 is 0 Å². The van der Waals surface area contributed by atoms with Gasteiger partial charge < -0.3 is 5.73 Å². The molecule has 3 N–H and O–H groups in total. The summed E-state index contributed by atoms with van der Waals surface area (Å²) in [5.74, 6) is 2.39. The number of nitrogens with zero attached hydrogens (tertiary/aromatic N) is 2. The molecule has 4 nitrogen and oxygen atoms in total. The molecule has 0 spiro atoms. The monoisotopic (exact) mass is 192 g/mol. The summed E-state index contributed by atoms with van der Waals surface area (Å²) in [7, 11) is 0. The van der Waals surface area contributed by atoms with Gasteiger partial charge in [0.1, 0.15) is 5.82 Å². The largest absolute Gasteiger partial charge is 0.327 e. The number of aromatic amines is 1. The van der Waals surface area contributed by atoms with Crippen molar-refractivity contribution >= 4 is 6.08 Å². The lowest BCUT2D eigenvalue weighted by atomic mass is 10.1. The minimum atomic E-state index is 0.535. The van der Waals surface area contributed by atoms with Crippen LogP contribution in [0.1, 0.15) is 43.3 Å². The van der Waals surface area contributed by atoms with E-state index in [4.69, 9.17) is 5.73 Å². The fourth-order valence-electron chi connectivity index (χ4n) is 1.92. The number of aromatic nitrogens is 3. The Labute approximate surface area is 83.6 Å². The molecule has 1 saturated carbocycles. The molecule has 0 unspecified atom stereocenters. The lowest BCUT2D eigenvalue weighted by Crippen LogP contribution is -1.94. The van der Waals surface area contributed by atoms with Crippen molar-refractivity contribution in [2.24, 2.45) is 5.73 Å². The highest BCUT2D eigenvalue weighted by atomic mass is 15.2. The van der Waals surface area contributed by atoms with Gasteiger partial charge in [0.15, 0.2) is 5.82 Å². The minimum absolute atomic E-state index is 0.535. The van der Waals surface area contributed by atoms with Crippen molar-refractivity contribution in [1.29, 1.82) is 0 Å². The normalized spacial score (nSPS) is 18.4. The van der Waals surface area contributed by atoms with Crippen LogP contribution < -0.4 is 5.73 Å². The molecule has 76 valence electrons. The fraction of sp³-hybridized carbons (Fsp3) is 0.600. The van der Waals surface area contributed by atoms with Crippen LogP contribution in [0, 0.1) is 0 Å². The molecule has 1 aromatic rings. The van der Waals surface area contributed by atoms with Crippen LogP contribution in [0.25, 0.3) is 6.08 Å². The highest BCUT2D eigenvalue weighted by Gasteiger charge is 2.19. The van der Waals surface area contributed by atoms with Crippen LogP contribution in [0.15, 0.2) is 6.08 Å². The summed E-state index contributed by atoms with van der Waals surface area (Å²) in [6.07, 6.45) is 8.85. The zero-order valence-corrected chi connectivity index (χ0v) is 8.24. The first-order chi connectivity index (χ1) is 6.90. The molecule has 0 saturated heterocycles. The van der Waals surface area contributed by atoms with Crippen LogP contribution in [0.4, 0.5) is 0 Å². The predicted octanol–water partition coefficient (Wildman–Crippen LogP) is 1.43. The molecule has 0 radical (unpaired) electrons. The molecule has 1 fully saturated rings. The number of nitrogens with two attached hydrogens (primary N) is 1. The van der Waals surface area contributed by atoms with Crippen molar-refractivity contribution in [1.82, 2.24) is 15.2 Å². The number of H-pyrrole nitrogens is 1.